The molecule has 2 heterocycles. The number of amides is 1. The van der Waals surface area contributed by atoms with E-state index in [-0.39, 0.29) is 5.91 Å². The number of hydrogen-bond donors (Lipinski definition) is 1. The summed E-state index contributed by atoms with van der Waals surface area (Å²) in [5.41, 5.74) is 2.84. The van der Waals surface area contributed by atoms with E-state index in [1.807, 2.05) is 32.0 Å². The number of nitrogens with zero attached hydrogens (tertiary/aromatic N) is 3. The molecule has 0 spiro atoms. The highest BCUT2D eigenvalue weighted by atomic mass is 16.5. The number of anilines is 2. The molecule has 166 valence electrons. The zero-order valence-corrected chi connectivity index (χ0v) is 18.9. The monoisotopic (exact) mass is 424 g/mol. The maximum absolute atomic E-state index is 11.9. The van der Waals surface area contributed by atoms with Crippen molar-refractivity contribution in [2.24, 2.45) is 0 Å². The fourth-order valence-corrected chi connectivity index (χ4v) is 3.66. The van der Waals surface area contributed by atoms with Crippen molar-refractivity contribution in [3.8, 4) is 11.5 Å². The second kappa shape index (κ2) is 10.8. The molecule has 1 aromatic carbocycles. The zero-order valence-electron chi connectivity index (χ0n) is 18.9. The highest BCUT2D eigenvalue weighted by molar-refractivity contribution is 5.99. The van der Waals surface area contributed by atoms with Gasteiger partial charge < -0.3 is 19.7 Å². The molecule has 1 aliphatic heterocycles. The van der Waals surface area contributed by atoms with Gasteiger partial charge in [0, 0.05) is 44.9 Å². The fraction of sp³-hybridized carbons (Fsp3) is 0.417. The summed E-state index contributed by atoms with van der Waals surface area (Å²) in [4.78, 5) is 21.2. The second-order valence-electron chi connectivity index (χ2n) is 7.95. The summed E-state index contributed by atoms with van der Waals surface area (Å²) in [6, 6.07) is 9.90. The van der Waals surface area contributed by atoms with Gasteiger partial charge in [0.25, 0.3) is 0 Å². The maximum Gasteiger partial charge on any atom is 0.248 e. The molecule has 31 heavy (non-hydrogen) atoms. The van der Waals surface area contributed by atoms with Gasteiger partial charge in [-0.2, -0.15) is 0 Å². The molecule has 0 radical (unpaired) electrons. The second-order valence-corrected chi connectivity index (χ2v) is 7.95. The van der Waals surface area contributed by atoms with Crippen molar-refractivity contribution in [1.29, 1.82) is 0 Å². The van der Waals surface area contributed by atoms with Crippen LogP contribution >= 0.6 is 0 Å². The lowest BCUT2D eigenvalue weighted by Crippen LogP contribution is -2.31. The van der Waals surface area contributed by atoms with E-state index in [2.05, 4.69) is 32.2 Å². The predicted octanol–water partition coefficient (Wildman–Crippen LogP) is 3.72. The lowest BCUT2D eigenvalue weighted by atomic mass is 10.2. The smallest absolute Gasteiger partial charge is 0.248 e. The lowest BCUT2D eigenvalue weighted by Gasteiger charge is -2.23. The average Bonchev–Trinajstić information content (AvgIpc) is 2.99. The number of nitrogens with one attached hydrogen (secondary N) is 1. The van der Waals surface area contributed by atoms with Crippen LogP contribution in [0.4, 0.5) is 11.5 Å². The minimum atomic E-state index is -0.130. The van der Waals surface area contributed by atoms with Crippen molar-refractivity contribution < 1.29 is 14.3 Å². The topological polar surface area (TPSA) is 66.9 Å². The molecule has 1 aliphatic rings. The van der Waals surface area contributed by atoms with E-state index in [1.165, 1.54) is 5.56 Å². The van der Waals surface area contributed by atoms with E-state index >= 15 is 0 Å². The number of rotatable bonds is 7. The average molecular weight is 425 g/mol. The van der Waals surface area contributed by atoms with Crippen molar-refractivity contribution >= 4 is 17.4 Å². The molecule has 1 aromatic heterocycles. The van der Waals surface area contributed by atoms with Gasteiger partial charge in [-0.3, -0.25) is 9.69 Å². The minimum absolute atomic E-state index is 0.130. The molecule has 0 unspecified atom stereocenters. The highest BCUT2D eigenvalue weighted by Gasteiger charge is 2.17. The number of aromatic nitrogens is 1. The molecule has 7 heteroatoms. The van der Waals surface area contributed by atoms with Crippen LogP contribution < -0.4 is 19.7 Å². The predicted molar refractivity (Wildman–Crippen MR) is 124 cm³/mol. The van der Waals surface area contributed by atoms with Crippen LogP contribution in [0.25, 0.3) is 0 Å². The fourth-order valence-electron chi connectivity index (χ4n) is 3.66. The quantitative estimate of drug-likeness (QED) is 0.684. The largest absolute Gasteiger partial charge is 0.497 e. The normalized spacial score (nSPS) is 14.5. The summed E-state index contributed by atoms with van der Waals surface area (Å²) in [6.45, 7) is 8.46. The van der Waals surface area contributed by atoms with Crippen LogP contribution in [0.15, 0.2) is 48.2 Å². The molecule has 7 nitrogen and oxygen atoms in total. The van der Waals surface area contributed by atoms with Gasteiger partial charge in [-0.05, 0) is 50.1 Å². The number of carbonyl (C=O) groups is 1. The first-order chi connectivity index (χ1) is 15.0. The zero-order chi connectivity index (χ0) is 22.2. The summed E-state index contributed by atoms with van der Waals surface area (Å²) in [5, 5.41) is 2.84. The van der Waals surface area contributed by atoms with E-state index in [0.29, 0.717) is 5.69 Å². The Hall–Kier alpha value is -3.06. The number of allylic oxidation sites excluding steroid dienone is 1. The molecule has 0 bridgehead atoms. The molecule has 1 N–H and O–H groups in total. The molecule has 2 aromatic rings. The molecular weight excluding hydrogens is 392 g/mol. The lowest BCUT2D eigenvalue weighted by molar-refractivity contribution is -0.111. The molecule has 3 rings (SSSR count). The minimum Gasteiger partial charge on any atom is -0.497 e. The Morgan fingerprint density at radius 3 is 2.42 bits per heavy atom. The molecule has 1 fully saturated rings. The summed E-state index contributed by atoms with van der Waals surface area (Å²) < 4.78 is 10.8. The van der Waals surface area contributed by atoms with Gasteiger partial charge in [0.2, 0.25) is 5.91 Å². The maximum atomic E-state index is 11.9. The van der Waals surface area contributed by atoms with E-state index in [1.54, 1.807) is 26.5 Å². The summed E-state index contributed by atoms with van der Waals surface area (Å²) >= 11 is 0. The number of hydrogen-bond acceptors (Lipinski definition) is 6. The summed E-state index contributed by atoms with van der Waals surface area (Å²) in [5.74, 6) is 2.43. The van der Waals surface area contributed by atoms with Crippen LogP contribution in [0.2, 0.25) is 0 Å². The number of benzene rings is 1. The van der Waals surface area contributed by atoms with Crippen LogP contribution in [0.5, 0.6) is 11.5 Å². The number of methoxy groups -OCH3 is 2. The molecular formula is C24H32N4O3. The molecule has 0 atom stereocenters. The van der Waals surface area contributed by atoms with Gasteiger partial charge in [-0.25, -0.2) is 4.98 Å². The number of ether oxygens (including phenoxy) is 2. The van der Waals surface area contributed by atoms with Gasteiger partial charge in [0.1, 0.15) is 17.3 Å². The highest BCUT2D eigenvalue weighted by Crippen LogP contribution is 2.24. The van der Waals surface area contributed by atoms with Crippen LogP contribution in [0.1, 0.15) is 25.8 Å². The molecule has 0 saturated carbocycles. The summed E-state index contributed by atoms with van der Waals surface area (Å²) in [6.07, 6.45) is 4.36. The van der Waals surface area contributed by atoms with E-state index in [0.717, 1.165) is 62.0 Å². The van der Waals surface area contributed by atoms with Gasteiger partial charge in [-0.1, -0.05) is 5.57 Å². The van der Waals surface area contributed by atoms with Crippen molar-refractivity contribution in [3.63, 3.8) is 0 Å². The number of carbonyl (C=O) groups excluding carboxylic acids is 1. The third kappa shape index (κ3) is 6.72. The van der Waals surface area contributed by atoms with Crippen LogP contribution in [0, 0.1) is 0 Å². The van der Waals surface area contributed by atoms with Gasteiger partial charge in [-0.15, -0.1) is 0 Å². The Labute approximate surface area is 184 Å². The van der Waals surface area contributed by atoms with Crippen molar-refractivity contribution in [3.05, 3.63) is 53.7 Å². The van der Waals surface area contributed by atoms with Crippen LogP contribution in [0.3, 0.4) is 0 Å². The Morgan fingerprint density at radius 2 is 1.81 bits per heavy atom. The van der Waals surface area contributed by atoms with E-state index in [4.69, 9.17) is 9.47 Å². The Morgan fingerprint density at radius 1 is 1.06 bits per heavy atom. The van der Waals surface area contributed by atoms with Gasteiger partial charge >= 0.3 is 0 Å². The first-order valence-electron chi connectivity index (χ1n) is 10.6. The standard InChI is InChI=1S/C24H32N4O3/c1-18(2)12-24(29)26-20-6-7-23(25-16-20)28-9-5-8-27(10-11-28)17-19-13-21(30-3)15-22(14-19)31-4/h6-7,12-16H,5,8-11,17H2,1-4H3,(H,26,29). The third-order valence-electron chi connectivity index (χ3n) is 5.17. The van der Waals surface area contributed by atoms with Crippen LogP contribution in [-0.2, 0) is 11.3 Å². The third-order valence-corrected chi connectivity index (χ3v) is 5.17. The SMILES string of the molecule is COc1cc(CN2CCCN(c3ccc(NC(=O)C=C(C)C)cn3)CC2)cc(OC)c1. The number of pyridine rings is 1. The summed E-state index contributed by atoms with van der Waals surface area (Å²) in [7, 11) is 3.35. The Bertz CT molecular complexity index is 885. The first-order valence-corrected chi connectivity index (χ1v) is 10.6. The van der Waals surface area contributed by atoms with Crippen LogP contribution in [-0.4, -0.2) is 56.2 Å². The van der Waals surface area contributed by atoms with E-state index < -0.39 is 0 Å². The van der Waals surface area contributed by atoms with E-state index in [9.17, 15) is 4.79 Å². The molecule has 1 saturated heterocycles. The van der Waals surface area contributed by atoms with Crippen molar-refractivity contribution in [1.82, 2.24) is 9.88 Å². The molecule has 1 amide bonds. The first kappa shape index (κ1) is 22.6. The molecule has 0 aliphatic carbocycles. The van der Waals surface area contributed by atoms with Gasteiger partial charge in [0.15, 0.2) is 0 Å². The van der Waals surface area contributed by atoms with Gasteiger partial charge in [0.05, 0.1) is 26.1 Å². The van der Waals surface area contributed by atoms with Crippen molar-refractivity contribution in [2.45, 2.75) is 26.8 Å². The Kier molecular flexibility index (Phi) is 7.89. The van der Waals surface area contributed by atoms with Crippen molar-refractivity contribution in [2.75, 3.05) is 50.6 Å². The Balaban J connectivity index is 1.59.